The zero-order valence-electron chi connectivity index (χ0n) is 18.3. The van der Waals surface area contributed by atoms with Gasteiger partial charge < -0.3 is 0 Å². The number of aromatic amines is 1. The Balaban J connectivity index is 1.62. The lowest BCUT2D eigenvalue weighted by Crippen LogP contribution is -2.16. The van der Waals surface area contributed by atoms with Crippen molar-refractivity contribution in [3.63, 3.8) is 0 Å². The third kappa shape index (κ3) is 3.92. The summed E-state index contributed by atoms with van der Waals surface area (Å²) < 4.78 is 1.41. The van der Waals surface area contributed by atoms with E-state index in [-0.39, 0.29) is 11.0 Å². The number of hydrogen-bond donors (Lipinski definition) is 1. The summed E-state index contributed by atoms with van der Waals surface area (Å²) in [6, 6.07) is 16.2. The van der Waals surface area contributed by atoms with Crippen LogP contribution in [0, 0.1) is 13.8 Å². The molecule has 2 aromatic carbocycles. The number of H-pyrrole nitrogens is 1. The van der Waals surface area contributed by atoms with Crippen LogP contribution < -0.4 is 5.56 Å². The molecule has 0 atom stereocenters. The van der Waals surface area contributed by atoms with Gasteiger partial charge in [0, 0.05) is 11.6 Å². The number of aryl methyl sites for hydroxylation is 3. The highest BCUT2D eigenvalue weighted by Gasteiger charge is 2.15. The molecule has 0 amide bonds. The maximum absolute atomic E-state index is 12.6. The normalized spacial score (nSPS) is 11.9. The van der Waals surface area contributed by atoms with Crippen molar-refractivity contribution in [1.29, 1.82) is 0 Å². The van der Waals surface area contributed by atoms with Crippen LogP contribution in [0.2, 0.25) is 0 Å². The zero-order chi connectivity index (χ0) is 21.5. The minimum atomic E-state index is -0.137. The SMILES string of the molecule is Cc1cccc(C)c1CCc1cc(=O)n2[nH]c(-c3ccc(C(C)(C)C)cc3)nc2n1. The maximum atomic E-state index is 12.6. The average molecular weight is 401 g/mol. The van der Waals surface area contributed by atoms with Crippen molar-refractivity contribution >= 4 is 5.78 Å². The molecule has 0 aliphatic heterocycles. The largest absolute Gasteiger partial charge is 0.274 e. The van der Waals surface area contributed by atoms with Crippen LogP contribution in [0.3, 0.4) is 0 Å². The van der Waals surface area contributed by atoms with Crippen molar-refractivity contribution < 1.29 is 0 Å². The highest BCUT2D eigenvalue weighted by atomic mass is 16.1. The first-order chi connectivity index (χ1) is 14.2. The van der Waals surface area contributed by atoms with E-state index < -0.39 is 0 Å². The van der Waals surface area contributed by atoms with Crippen LogP contribution in [0.1, 0.15) is 48.7 Å². The van der Waals surface area contributed by atoms with E-state index in [1.54, 1.807) is 6.07 Å². The van der Waals surface area contributed by atoms with Gasteiger partial charge in [0.2, 0.25) is 0 Å². The fourth-order valence-corrected chi connectivity index (χ4v) is 3.81. The number of fused-ring (bicyclic) bond motifs is 1. The molecule has 0 unspecified atom stereocenters. The molecule has 0 saturated carbocycles. The molecule has 0 saturated heterocycles. The lowest BCUT2D eigenvalue weighted by atomic mass is 9.87. The Kier molecular flexibility index (Phi) is 5.06. The second kappa shape index (κ2) is 7.56. The Morgan fingerprint density at radius 1 is 0.933 bits per heavy atom. The van der Waals surface area contributed by atoms with Gasteiger partial charge in [-0.3, -0.25) is 9.89 Å². The molecule has 5 nitrogen and oxygen atoms in total. The molecule has 0 radical (unpaired) electrons. The van der Waals surface area contributed by atoms with Gasteiger partial charge in [-0.1, -0.05) is 63.2 Å². The molecule has 4 aromatic rings. The first-order valence-corrected chi connectivity index (χ1v) is 10.4. The van der Waals surface area contributed by atoms with Gasteiger partial charge in [0.1, 0.15) is 0 Å². The monoisotopic (exact) mass is 400 g/mol. The molecule has 5 heteroatoms. The standard InChI is InChI=1S/C25H28N4O/c1-16-7-6-8-17(2)21(16)14-13-20-15-22(30)29-24(26-20)27-23(28-29)18-9-11-19(12-10-18)25(3,4)5/h6-12,15H,13-14H2,1-5H3,(H,26,27,28). The molecule has 2 heterocycles. The summed E-state index contributed by atoms with van der Waals surface area (Å²) >= 11 is 0. The van der Waals surface area contributed by atoms with Gasteiger partial charge in [-0.25, -0.2) is 4.98 Å². The molecule has 30 heavy (non-hydrogen) atoms. The van der Waals surface area contributed by atoms with Gasteiger partial charge in [0.25, 0.3) is 11.3 Å². The van der Waals surface area contributed by atoms with Crippen molar-refractivity contribution in [2.75, 3.05) is 0 Å². The average Bonchev–Trinajstić information content (AvgIpc) is 3.12. The fourth-order valence-electron chi connectivity index (χ4n) is 3.81. The summed E-state index contributed by atoms with van der Waals surface area (Å²) in [6.07, 6.45) is 1.56. The Labute approximate surface area is 176 Å². The number of nitrogens with one attached hydrogen (secondary N) is 1. The molecule has 0 aliphatic carbocycles. The third-order valence-electron chi connectivity index (χ3n) is 5.68. The van der Waals surface area contributed by atoms with E-state index in [0.717, 1.165) is 17.7 Å². The molecular weight excluding hydrogens is 372 g/mol. The van der Waals surface area contributed by atoms with Crippen LogP contribution in [0.25, 0.3) is 17.2 Å². The van der Waals surface area contributed by atoms with E-state index in [1.165, 1.54) is 26.8 Å². The molecule has 0 aliphatic rings. The summed E-state index contributed by atoms with van der Waals surface area (Å²) in [6.45, 7) is 10.8. The predicted molar refractivity (Wildman–Crippen MR) is 121 cm³/mol. The number of aromatic nitrogens is 4. The molecule has 0 bridgehead atoms. The van der Waals surface area contributed by atoms with Gasteiger partial charge in [-0.2, -0.15) is 9.50 Å². The van der Waals surface area contributed by atoms with E-state index in [4.69, 9.17) is 0 Å². The summed E-state index contributed by atoms with van der Waals surface area (Å²) in [5.41, 5.74) is 6.78. The number of nitrogens with zero attached hydrogens (tertiary/aromatic N) is 3. The van der Waals surface area contributed by atoms with Gasteiger partial charge in [-0.15, -0.1) is 0 Å². The Morgan fingerprint density at radius 3 is 2.23 bits per heavy atom. The summed E-state index contributed by atoms with van der Waals surface area (Å²) in [7, 11) is 0. The first kappa shape index (κ1) is 20.1. The number of rotatable bonds is 4. The van der Waals surface area contributed by atoms with E-state index in [9.17, 15) is 4.79 Å². The van der Waals surface area contributed by atoms with Crippen LogP contribution in [-0.2, 0) is 18.3 Å². The smallest absolute Gasteiger partial charge is 0.271 e. The highest BCUT2D eigenvalue weighted by molar-refractivity contribution is 5.57. The second-order valence-corrected chi connectivity index (χ2v) is 8.99. The van der Waals surface area contributed by atoms with E-state index in [2.05, 4.69) is 80.0 Å². The van der Waals surface area contributed by atoms with Crippen LogP contribution in [-0.4, -0.2) is 19.6 Å². The molecule has 2 aromatic heterocycles. The second-order valence-electron chi connectivity index (χ2n) is 8.99. The Morgan fingerprint density at radius 2 is 1.60 bits per heavy atom. The van der Waals surface area contributed by atoms with Gasteiger partial charge in [0.15, 0.2) is 5.82 Å². The van der Waals surface area contributed by atoms with Crippen LogP contribution in [0.5, 0.6) is 0 Å². The number of benzene rings is 2. The van der Waals surface area contributed by atoms with E-state index >= 15 is 0 Å². The van der Waals surface area contributed by atoms with Crippen molar-refractivity contribution in [2.24, 2.45) is 0 Å². The van der Waals surface area contributed by atoms with Crippen LogP contribution >= 0.6 is 0 Å². The Hall–Kier alpha value is -3.21. The summed E-state index contributed by atoms with van der Waals surface area (Å²) in [5.74, 6) is 1.06. The zero-order valence-corrected chi connectivity index (χ0v) is 18.3. The predicted octanol–water partition coefficient (Wildman–Crippen LogP) is 4.78. The topological polar surface area (TPSA) is 63.0 Å². The molecule has 0 fully saturated rings. The van der Waals surface area contributed by atoms with E-state index in [1.807, 2.05) is 12.1 Å². The molecule has 0 spiro atoms. The molecule has 154 valence electrons. The van der Waals surface area contributed by atoms with Crippen molar-refractivity contribution in [3.8, 4) is 11.4 Å². The van der Waals surface area contributed by atoms with Crippen molar-refractivity contribution in [2.45, 2.75) is 52.9 Å². The van der Waals surface area contributed by atoms with Gasteiger partial charge in [0.05, 0.1) is 5.69 Å². The highest BCUT2D eigenvalue weighted by Crippen LogP contribution is 2.25. The lowest BCUT2D eigenvalue weighted by molar-refractivity contribution is 0.590. The van der Waals surface area contributed by atoms with E-state index in [0.29, 0.717) is 18.0 Å². The minimum absolute atomic E-state index is 0.0925. The first-order valence-electron chi connectivity index (χ1n) is 10.4. The molecular formula is C25H28N4O. The minimum Gasteiger partial charge on any atom is -0.271 e. The fraction of sp³-hybridized carbons (Fsp3) is 0.320. The van der Waals surface area contributed by atoms with Crippen molar-refractivity contribution in [3.05, 3.63) is 86.8 Å². The Bertz CT molecular complexity index is 1240. The number of hydrogen-bond acceptors (Lipinski definition) is 3. The van der Waals surface area contributed by atoms with Gasteiger partial charge >= 0.3 is 0 Å². The van der Waals surface area contributed by atoms with Gasteiger partial charge in [-0.05, 0) is 54.4 Å². The van der Waals surface area contributed by atoms with Crippen LogP contribution in [0.4, 0.5) is 0 Å². The third-order valence-corrected chi connectivity index (χ3v) is 5.68. The van der Waals surface area contributed by atoms with Crippen LogP contribution in [0.15, 0.2) is 53.3 Å². The molecule has 1 N–H and O–H groups in total. The summed E-state index contributed by atoms with van der Waals surface area (Å²) in [4.78, 5) is 21.8. The lowest BCUT2D eigenvalue weighted by Gasteiger charge is -2.18. The summed E-state index contributed by atoms with van der Waals surface area (Å²) in [5, 5.41) is 3.09. The quantitative estimate of drug-likeness (QED) is 0.536. The molecule has 4 rings (SSSR count). The van der Waals surface area contributed by atoms with Crippen molar-refractivity contribution in [1.82, 2.24) is 19.6 Å². The maximum Gasteiger partial charge on any atom is 0.274 e.